The average molecular weight is 393 g/mol. The van der Waals surface area contributed by atoms with E-state index in [0.717, 1.165) is 16.5 Å². The fourth-order valence-corrected chi connectivity index (χ4v) is 3.65. The van der Waals surface area contributed by atoms with Crippen LogP contribution in [0.2, 0.25) is 0 Å². The molecule has 3 heterocycles. The van der Waals surface area contributed by atoms with E-state index in [-0.39, 0.29) is 18.1 Å². The van der Waals surface area contributed by atoms with E-state index < -0.39 is 12.1 Å². The number of carbonyl (C=O) groups excluding carboxylic acids is 1. The number of H-pyrrole nitrogens is 1. The molecular weight excluding hydrogens is 376 g/mol. The maximum atomic E-state index is 14.5. The van der Waals surface area contributed by atoms with E-state index in [2.05, 4.69) is 27.2 Å². The fourth-order valence-electron chi connectivity index (χ4n) is 3.65. The number of aromatic amines is 1. The molecule has 1 fully saturated rings. The van der Waals surface area contributed by atoms with Gasteiger partial charge in [0.1, 0.15) is 12.0 Å². The third kappa shape index (κ3) is 2.79. The van der Waals surface area contributed by atoms with Crippen molar-refractivity contribution in [3.63, 3.8) is 0 Å². The van der Waals surface area contributed by atoms with Crippen LogP contribution >= 0.6 is 0 Å². The highest BCUT2D eigenvalue weighted by molar-refractivity contribution is 6.01. The topological polar surface area (TPSA) is 75.1 Å². The minimum atomic E-state index is -1.06. The zero-order valence-electron chi connectivity index (χ0n) is 15.5. The van der Waals surface area contributed by atoms with Crippen LogP contribution in [-0.2, 0) is 4.79 Å². The molecule has 6 nitrogen and oxygen atoms in total. The summed E-state index contributed by atoms with van der Waals surface area (Å²) >= 11 is 0. The van der Waals surface area contributed by atoms with E-state index in [0.29, 0.717) is 28.1 Å². The number of nitrogens with zero attached hydrogens (tertiary/aromatic N) is 3. The SMILES string of the molecule is C=Cc1n[nH]c2cc(F)c(C)c(-c3ccn4nc(NC(=O)[C@@H]5C[C@@H]5F)cc4c3)c12. The van der Waals surface area contributed by atoms with Gasteiger partial charge in [-0.1, -0.05) is 6.58 Å². The van der Waals surface area contributed by atoms with Crippen LogP contribution in [0.5, 0.6) is 0 Å². The summed E-state index contributed by atoms with van der Waals surface area (Å²) in [5.41, 5.74) is 3.95. The molecule has 3 aromatic heterocycles. The fraction of sp³-hybridized carbons (Fsp3) is 0.190. The van der Waals surface area contributed by atoms with Crippen molar-refractivity contribution in [3.8, 4) is 11.1 Å². The zero-order valence-corrected chi connectivity index (χ0v) is 15.5. The second kappa shape index (κ2) is 6.23. The van der Waals surface area contributed by atoms with Crippen molar-refractivity contribution in [3.05, 3.63) is 54.1 Å². The molecule has 4 aromatic rings. The smallest absolute Gasteiger partial charge is 0.231 e. The number of halogens is 2. The summed E-state index contributed by atoms with van der Waals surface area (Å²) < 4.78 is 29.2. The molecule has 1 aliphatic rings. The number of carbonyl (C=O) groups is 1. The minimum absolute atomic E-state index is 0.258. The predicted molar refractivity (Wildman–Crippen MR) is 107 cm³/mol. The number of fused-ring (bicyclic) bond motifs is 2. The van der Waals surface area contributed by atoms with Gasteiger partial charge in [0, 0.05) is 17.6 Å². The van der Waals surface area contributed by atoms with Crippen LogP contribution < -0.4 is 5.32 Å². The third-order valence-electron chi connectivity index (χ3n) is 5.32. The molecule has 2 atom stereocenters. The number of aromatic nitrogens is 4. The van der Waals surface area contributed by atoms with Crippen LogP contribution in [0.3, 0.4) is 0 Å². The molecule has 8 heteroatoms. The Morgan fingerprint density at radius 1 is 1.41 bits per heavy atom. The van der Waals surface area contributed by atoms with Gasteiger partial charge in [-0.25, -0.2) is 13.3 Å². The lowest BCUT2D eigenvalue weighted by atomic mass is 9.95. The number of benzene rings is 1. The number of nitrogens with one attached hydrogen (secondary N) is 2. The summed E-state index contributed by atoms with van der Waals surface area (Å²) in [7, 11) is 0. The van der Waals surface area contributed by atoms with Gasteiger partial charge >= 0.3 is 0 Å². The number of rotatable bonds is 4. The van der Waals surface area contributed by atoms with Gasteiger partial charge in [0.25, 0.3) is 0 Å². The summed E-state index contributed by atoms with van der Waals surface area (Å²) in [6.45, 7) is 5.51. The number of hydrogen-bond acceptors (Lipinski definition) is 3. The Hall–Kier alpha value is -3.55. The van der Waals surface area contributed by atoms with Gasteiger partial charge in [0.05, 0.1) is 22.6 Å². The second-order valence-corrected chi connectivity index (χ2v) is 7.26. The Morgan fingerprint density at radius 2 is 2.21 bits per heavy atom. The Balaban J connectivity index is 1.61. The van der Waals surface area contributed by atoms with Crippen LogP contribution in [0.4, 0.5) is 14.6 Å². The van der Waals surface area contributed by atoms with Gasteiger partial charge in [0.15, 0.2) is 5.82 Å². The first-order valence-corrected chi connectivity index (χ1v) is 9.20. The lowest BCUT2D eigenvalue weighted by Gasteiger charge is -2.10. The molecule has 0 saturated heterocycles. The van der Waals surface area contributed by atoms with Gasteiger partial charge in [-0.05, 0) is 54.3 Å². The van der Waals surface area contributed by atoms with E-state index in [9.17, 15) is 13.6 Å². The highest BCUT2D eigenvalue weighted by Gasteiger charge is 2.43. The molecule has 0 spiro atoms. The van der Waals surface area contributed by atoms with Gasteiger partial charge in [0.2, 0.25) is 5.91 Å². The first-order chi connectivity index (χ1) is 14.0. The Bertz CT molecular complexity index is 1310. The van der Waals surface area contributed by atoms with Crippen molar-refractivity contribution < 1.29 is 13.6 Å². The quantitative estimate of drug-likeness (QED) is 0.544. The van der Waals surface area contributed by atoms with Crippen molar-refractivity contribution in [2.75, 3.05) is 5.32 Å². The maximum Gasteiger partial charge on any atom is 0.231 e. The van der Waals surface area contributed by atoms with E-state index in [4.69, 9.17) is 0 Å². The van der Waals surface area contributed by atoms with Crippen molar-refractivity contribution >= 4 is 34.2 Å². The van der Waals surface area contributed by atoms with Crippen LogP contribution in [0, 0.1) is 18.7 Å². The number of anilines is 1. The second-order valence-electron chi connectivity index (χ2n) is 7.26. The summed E-state index contributed by atoms with van der Waals surface area (Å²) in [5.74, 6) is -0.935. The molecule has 2 N–H and O–H groups in total. The largest absolute Gasteiger partial charge is 0.309 e. The maximum absolute atomic E-state index is 14.5. The first-order valence-electron chi connectivity index (χ1n) is 9.20. The van der Waals surface area contributed by atoms with Crippen LogP contribution in [0.25, 0.3) is 33.6 Å². The zero-order chi connectivity index (χ0) is 20.3. The predicted octanol–water partition coefficient (Wildman–Crippen LogP) is 4.26. The van der Waals surface area contributed by atoms with Gasteiger partial charge in [-0.2, -0.15) is 10.2 Å². The molecule has 1 aromatic carbocycles. The van der Waals surface area contributed by atoms with Crippen molar-refractivity contribution in [2.45, 2.75) is 19.5 Å². The lowest BCUT2D eigenvalue weighted by molar-refractivity contribution is -0.117. The molecule has 0 radical (unpaired) electrons. The monoisotopic (exact) mass is 393 g/mol. The lowest BCUT2D eigenvalue weighted by Crippen LogP contribution is -2.15. The molecule has 1 saturated carbocycles. The Kier molecular flexibility index (Phi) is 3.77. The van der Waals surface area contributed by atoms with Gasteiger partial charge < -0.3 is 5.32 Å². The van der Waals surface area contributed by atoms with Crippen molar-refractivity contribution in [1.29, 1.82) is 0 Å². The summed E-state index contributed by atoms with van der Waals surface area (Å²) in [6.07, 6.45) is 2.56. The van der Waals surface area contributed by atoms with Crippen LogP contribution in [0.1, 0.15) is 17.7 Å². The molecule has 5 rings (SSSR count). The molecule has 146 valence electrons. The summed E-state index contributed by atoms with van der Waals surface area (Å²) in [5, 5.41) is 14.8. The molecule has 1 amide bonds. The van der Waals surface area contributed by atoms with Crippen LogP contribution in [-0.4, -0.2) is 31.9 Å². The first kappa shape index (κ1) is 17.5. The highest BCUT2D eigenvalue weighted by atomic mass is 19.1. The van der Waals surface area contributed by atoms with E-state index >= 15 is 0 Å². The number of hydrogen-bond donors (Lipinski definition) is 2. The highest BCUT2D eigenvalue weighted by Crippen LogP contribution is 2.36. The molecular formula is C21H17F2N5O. The minimum Gasteiger partial charge on any atom is -0.309 e. The molecule has 0 unspecified atom stereocenters. The summed E-state index contributed by atoms with van der Waals surface area (Å²) in [4.78, 5) is 12.0. The standard InChI is InChI=1S/C21H17F2N5O/c1-3-16-20-17(26-25-16)9-14(22)10(2)19(20)11-4-5-28-12(6-11)7-18(27-28)24-21(29)13-8-15(13)23/h3-7,9,13,15H,1,8H2,2H3,(H,25,26)(H,24,27,29)/t13-,15+/m1/s1. The molecule has 29 heavy (non-hydrogen) atoms. The van der Waals surface area contributed by atoms with Crippen molar-refractivity contribution in [1.82, 2.24) is 19.8 Å². The average Bonchev–Trinajstić information content (AvgIpc) is 3.10. The Labute approximate surface area is 164 Å². The summed E-state index contributed by atoms with van der Waals surface area (Å²) in [6, 6.07) is 6.81. The molecule has 0 bridgehead atoms. The number of amides is 1. The van der Waals surface area contributed by atoms with E-state index in [1.165, 1.54) is 6.07 Å². The van der Waals surface area contributed by atoms with Gasteiger partial charge in [-0.15, -0.1) is 0 Å². The number of pyridine rings is 1. The van der Waals surface area contributed by atoms with Gasteiger partial charge in [-0.3, -0.25) is 9.89 Å². The molecule has 0 aliphatic heterocycles. The van der Waals surface area contributed by atoms with E-state index in [1.54, 1.807) is 29.8 Å². The normalized spacial score (nSPS) is 18.3. The van der Waals surface area contributed by atoms with E-state index in [1.807, 2.05) is 12.1 Å². The number of alkyl halides is 1. The third-order valence-corrected chi connectivity index (χ3v) is 5.32. The van der Waals surface area contributed by atoms with Crippen LogP contribution in [0.15, 0.2) is 37.0 Å². The molecule has 1 aliphatic carbocycles. The van der Waals surface area contributed by atoms with Crippen molar-refractivity contribution in [2.24, 2.45) is 5.92 Å². The Morgan fingerprint density at radius 3 is 2.93 bits per heavy atom.